The summed E-state index contributed by atoms with van der Waals surface area (Å²) in [5.41, 5.74) is 3.01. The largest absolute Gasteiger partial charge is 0.0843 e. The van der Waals surface area contributed by atoms with Crippen LogP contribution in [0.2, 0.25) is 0 Å². The van der Waals surface area contributed by atoms with E-state index in [0.717, 1.165) is 0 Å². The van der Waals surface area contributed by atoms with Gasteiger partial charge < -0.3 is 0 Å². The third-order valence-electron chi connectivity index (χ3n) is 3.72. The average molecular weight is 240 g/mol. The topological polar surface area (TPSA) is 0 Å². The van der Waals surface area contributed by atoms with Gasteiger partial charge in [-0.15, -0.1) is 0 Å². The molecule has 1 unspecified atom stereocenters. The van der Waals surface area contributed by atoms with E-state index in [1.807, 2.05) is 0 Å². The minimum atomic E-state index is 0.623. The number of rotatable bonds is 5. The molecule has 0 amide bonds. The summed E-state index contributed by atoms with van der Waals surface area (Å²) in [5, 5.41) is 0. The van der Waals surface area contributed by atoms with Crippen molar-refractivity contribution in [2.45, 2.75) is 51.4 Å². The van der Waals surface area contributed by atoms with Crippen LogP contribution in [0.5, 0.6) is 0 Å². The Bertz CT molecular complexity index is 397. The van der Waals surface area contributed by atoms with Crippen molar-refractivity contribution in [2.75, 3.05) is 0 Å². The Labute approximate surface area is 111 Å². The maximum Gasteiger partial charge on any atom is 0.00861 e. The molecular formula is C18H24. The normalized spacial score (nSPS) is 20.1. The van der Waals surface area contributed by atoms with E-state index in [2.05, 4.69) is 55.5 Å². The van der Waals surface area contributed by atoms with Crippen LogP contribution in [0.1, 0.15) is 56.9 Å². The van der Waals surface area contributed by atoms with Crippen LogP contribution in [0.15, 0.2) is 54.1 Å². The summed E-state index contributed by atoms with van der Waals surface area (Å²) < 4.78 is 0. The Hall–Kier alpha value is -1.30. The SMILES string of the molecule is CCCC/C=C/C1=CCCCC1c1ccccc1. The van der Waals surface area contributed by atoms with Crippen molar-refractivity contribution < 1.29 is 0 Å². The van der Waals surface area contributed by atoms with Crippen LogP contribution in [-0.4, -0.2) is 0 Å². The summed E-state index contributed by atoms with van der Waals surface area (Å²) in [6.45, 7) is 2.25. The van der Waals surface area contributed by atoms with E-state index in [4.69, 9.17) is 0 Å². The van der Waals surface area contributed by atoms with Crippen molar-refractivity contribution in [1.82, 2.24) is 0 Å². The summed E-state index contributed by atoms with van der Waals surface area (Å²) in [4.78, 5) is 0. The molecule has 0 radical (unpaired) electrons. The Kier molecular flexibility index (Phi) is 5.26. The minimum Gasteiger partial charge on any atom is -0.0843 e. The zero-order valence-corrected chi connectivity index (χ0v) is 11.4. The van der Waals surface area contributed by atoms with Gasteiger partial charge in [-0.1, -0.05) is 68.3 Å². The van der Waals surface area contributed by atoms with Gasteiger partial charge in [0.2, 0.25) is 0 Å². The van der Waals surface area contributed by atoms with Gasteiger partial charge in [0, 0.05) is 5.92 Å². The minimum absolute atomic E-state index is 0.623. The van der Waals surface area contributed by atoms with Gasteiger partial charge in [0.25, 0.3) is 0 Å². The molecule has 0 N–H and O–H groups in total. The highest BCUT2D eigenvalue weighted by Crippen LogP contribution is 2.34. The highest BCUT2D eigenvalue weighted by atomic mass is 14.2. The van der Waals surface area contributed by atoms with Gasteiger partial charge in [-0.2, -0.15) is 0 Å². The van der Waals surface area contributed by atoms with E-state index in [9.17, 15) is 0 Å². The zero-order chi connectivity index (χ0) is 12.6. The Morgan fingerprint density at radius 2 is 2.06 bits per heavy atom. The fourth-order valence-corrected chi connectivity index (χ4v) is 2.67. The lowest BCUT2D eigenvalue weighted by Crippen LogP contribution is -2.05. The molecule has 2 rings (SSSR count). The molecule has 1 aromatic rings. The fraction of sp³-hybridized carbons (Fsp3) is 0.444. The van der Waals surface area contributed by atoms with Crippen LogP contribution in [0.4, 0.5) is 0 Å². The van der Waals surface area contributed by atoms with Gasteiger partial charge in [0.1, 0.15) is 0 Å². The first-order valence-electron chi connectivity index (χ1n) is 7.33. The highest BCUT2D eigenvalue weighted by Gasteiger charge is 2.17. The van der Waals surface area contributed by atoms with Crippen molar-refractivity contribution >= 4 is 0 Å². The number of hydrogen-bond acceptors (Lipinski definition) is 0. The van der Waals surface area contributed by atoms with E-state index in [1.165, 1.54) is 49.7 Å². The number of hydrogen-bond donors (Lipinski definition) is 0. The average Bonchev–Trinajstić information content (AvgIpc) is 2.45. The lowest BCUT2D eigenvalue weighted by Gasteiger charge is -2.22. The number of unbranched alkanes of at least 4 members (excludes halogenated alkanes) is 2. The second kappa shape index (κ2) is 7.20. The van der Waals surface area contributed by atoms with Gasteiger partial charge in [-0.25, -0.2) is 0 Å². The molecule has 96 valence electrons. The predicted molar refractivity (Wildman–Crippen MR) is 79.8 cm³/mol. The molecule has 1 aliphatic carbocycles. The second-order valence-corrected chi connectivity index (χ2v) is 5.14. The summed E-state index contributed by atoms with van der Waals surface area (Å²) in [5.74, 6) is 0.623. The molecule has 0 saturated heterocycles. The molecule has 0 nitrogen and oxygen atoms in total. The summed E-state index contributed by atoms with van der Waals surface area (Å²) in [7, 11) is 0. The molecule has 0 heteroatoms. The lowest BCUT2D eigenvalue weighted by atomic mass is 9.82. The molecule has 1 aromatic carbocycles. The van der Waals surface area contributed by atoms with Crippen molar-refractivity contribution in [3.63, 3.8) is 0 Å². The molecule has 18 heavy (non-hydrogen) atoms. The van der Waals surface area contributed by atoms with E-state index in [0.29, 0.717) is 5.92 Å². The van der Waals surface area contributed by atoms with E-state index >= 15 is 0 Å². The fourth-order valence-electron chi connectivity index (χ4n) is 2.67. The maximum absolute atomic E-state index is 2.43. The molecule has 0 fully saturated rings. The molecule has 1 aliphatic rings. The number of allylic oxidation sites excluding steroid dienone is 4. The molecule has 0 aromatic heterocycles. The van der Waals surface area contributed by atoms with Gasteiger partial charge in [-0.3, -0.25) is 0 Å². The van der Waals surface area contributed by atoms with E-state index in [1.54, 1.807) is 0 Å². The van der Waals surface area contributed by atoms with Gasteiger partial charge in [0.05, 0.1) is 0 Å². The molecule has 1 atom stereocenters. The third kappa shape index (κ3) is 3.60. The van der Waals surface area contributed by atoms with E-state index < -0.39 is 0 Å². The van der Waals surface area contributed by atoms with Crippen LogP contribution < -0.4 is 0 Å². The molecule has 0 saturated carbocycles. The van der Waals surface area contributed by atoms with Crippen LogP contribution in [-0.2, 0) is 0 Å². The van der Waals surface area contributed by atoms with Gasteiger partial charge >= 0.3 is 0 Å². The maximum atomic E-state index is 2.43. The standard InChI is InChI=1S/C18H24/c1-2-3-4-6-11-17-14-9-10-15-18(17)16-12-7-5-8-13-16/h5-8,11-14,18H,2-4,9-10,15H2,1H3/b11-6+. The van der Waals surface area contributed by atoms with Crippen molar-refractivity contribution in [1.29, 1.82) is 0 Å². The van der Waals surface area contributed by atoms with Crippen LogP contribution in [0.3, 0.4) is 0 Å². The molecular weight excluding hydrogens is 216 g/mol. The monoisotopic (exact) mass is 240 g/mol. The summed E-state index contributed by atoms with van der Waals surface area (Å²) in [6.07, 6.45) is 14.8. The summed E-state index contributed by atoms with van der Waals surface area (Å²) in [6, 6.07) is 10.9. The van der Waals surface area contributed by atoms with Crippen molar-refractivity contribution in [3.05, 3.63) is 59.7 Å². The Morgan fingerprint density at radius 3 is 2.83 bits per heavy atom. The zero-order valence-electron chi connectivity index (χ0n) is 11.4. The lowest BCUT2D eigenvalue weighted by molar-refractivity contribution is 0.633. The van der Waals surface area contributed by atoms with Crippen molar-refractivity contribution in [3.8, 4) is 0 Å². The second-order valence-electron chi connectivity index (χ2n) is 5.14. The smallest absolute Gasteiger partial charge is 0.00861 e. The molecule has 0 spiro atoms. The van der Waals surface area contributed by atoms with Crippen LogP contribution in [0, 0.1) is 0 Å². The third-order valence-corrected chi connectivity index (χ3v) is 3.72. The van der Waals surface area contributed by atoms with Gasteiger partial charge in [-0.05, 0) is 36.8 Å². The van der Waals surface area contributed by atoms with Gasteiger partial charge in [0.15, 0.2) is 0 Å². The summed E-state index contributed by atoms with van der Waals surface area (Å²) >= 11 is 0. The van der Waals surface area contributed by atoms with Crippen LogP contribution >= 0.6 is 0 Å². The first kappa shape index (κ1) is 13.1. The van der Waals surface area contributed by atoms with Crippen molar-refractivity contribution in [2.24, 2.45) is 0 Å². The first-order valence-corrected chi connectivity index (χ1v) is 7.33. The molecule has 0 bridgehead atoms. The highest BCUT2D eigenvalue weighted by molar-refractivity contribution is 5.36. The Balaban J connectivity index is 2.07. The number of benzene rings is 1. The van der Waals surface area contributed by atoms with E-state index in [-0.39, 0.29) is 0 Å². The predicted octanol–water partition coefficient (Wildman–Crippen LogP) is 5.63. The Morgan fingerprint density at radius 1 is 1.22 bits per heavy atom. The van der Waals surface area contributed by atoms with Crippen LogP contribution in [0.25, 0.3) is 0 Å². The molecule has 0 aliphatic heterocycles. The molecule has 0 heterocycles. The quantitative estimate of drug-likeness (QED) is 0.585. The first-order chi connectivity index (χ1) is 8.92.